The molecular weight excluding hydrogens is 400 g/mol. The summed E-state index contributed by atoms with van der Waals surface area (Å²) in [5.74, 6) is 0.687. The van der Waals surface area contributed by atoms with Crippen LogP contribution in [0, 0.1) is 0 Å². The lowest BCUT2D eigenvalue weighted by molar-refractivity contribution is 0.0944. The fraction of sp³-hybridized carbons (Fsp3) is 0.304. The van der Waals surface area contributed by atoms with Crippen LogP contribution in [0.5, 0.6) is 5.75 Å². The molecule has 3 aromatic rings. The predicted octanol–water partition coefficient (Wildman–Crippen LogP) is 3.84. The minimum atomic E-state index is -0.149. The highest BCUT2D eigenvalue weighted by atomic mass is 35.5. The van der Waals surface area contributed by atoms with E-state index in [2.05, 4.69) is 33.9 Å². The Morgan fingerprint density at radius 1 is 1.20 bits per heavy atom. The van der Waals surface area contributed by atoms with Gasteiger partial charge in [-0.2, -0.15) is 5.10 Å². The number of rotatable bonds is 6. The second kappa shape index (κ2) is 10.3. The van der Waals surface area contributed by atoms with Gasteiger partial charge in [-0.05, 0) is 54.3 Å². The monoisotopic (exact) mass is 426 g/mol. The lowest BCUT2D eigenvalue weighted by atomic mass is 10.0. The summed E-state index contributed by atoms with van der Waals surface area (Å²) in [4.78, 5) is 12.5. The molecule has 30 heavy (non-hydrogen) atoms. The molecule has 2 heterocycles. The number of nitrogens with one attached hydrogen (secondary N) is 2. The Kier molecular flexibility index (Phi) is 7.49. The SMILES string of the molecule is COc1cccc(-c2ccc(CNC(=O)c3ccn(C4CCCNC4)n3)cc2)c1.Cl. The number of carbonyl (C=O) groups excluding carboxylic acids is 1. The Balaban J connectivity index is 0.00000256. The molecule has 0 radical (unpaired) electrons. The smallest absolute Gasteiger partial charge is 0.272 e. The maximum Gasteiger partial charge on any atom is 0.272 e. The van der Waals surface area contributed by atoms with E-state index in [1.165, 1.54) is 0 Å². The number of nitrogens with zero attached hydrogens (tertiary/aromatic N) is 2. The average molecular weight is 427 g/mol. The van der Waals surface area contributed by atoms with E-state index in [4.69, 9.17) is 4.74 Å². The second-order valence-electron chi connectivity index (χ2n) is 7.29. The lowest BCUT2D eigenvalue weighted by Crippen LogP contribution is -2.32. The van der Waals surface area contributed by atoms with Crippen LogP contribution in [0.3, 0.4) is 0 Å². The largest absolute Gasteiger partial charge is 0.497 e. The van der Waals surface area contributed by atoms with Crippen molar-refractivity contribution in [2.24, 2.45) is 0 Å². The first-order valence-electron chi connectivity index (χ1n) is 10.0. The molecule has 1 atom stereocenters. The van der Waals surface area contributed by atoms with E-state index >= 15 is 0 Å². The van der Waals surface area contributed by atoms with Gasteiger partial charge in [-0.15, -0.1) is 12.4 Å². The van der Waals surface area contributed by atoms with Crippen molar-refractivity contribution in [2.75, 3.05) is 20.2 Å². The maximum atomic E-state index is 12.5. The molecule has 7 heteroatoms. The Labute approximate surface area is 183 Å². The van der Waals surface area contributed by atoms with E-state index in [0.717, 1.165) is 48.4 Å². The summed E-state index contributed by atoms with van der Waals surface area (Å²) in [5.41, 5.74) is 3.71. The van der Waals surface area contributed by atoms with Gasteiger partial charge in [-0.1, -0.05) is 36.4 Å². The molecule has 1 unspecified atom stereocenters. The zero-order valence-electron chi connectivity index (χ0n) is 17.0. The zero-order valence-corrected chi connectivity index (χ0v) is 17.8. The van der Waals surface area contributed by atoms with Gasteiger partial charge in [0.25, 0.3) is 5.91 Å². The van der Waals surface area contributed by atoms with Gasteiger partial charge in [-0.3, -0.25) is 9.48 Å². The van der Waals surface area contributed by atoms with Gasteiger partial charge in [0.1, 0.15) is 11.4 Å². The van der Waals surface area contributed by atoms with Crippen molar-refractivity contribution >= 4 is 18.3 Å². The molecule has 1 fully saturated rings. The van der Waals surface area contributed by atoms with Gasteiger partial charge < -0.3 is 15.4 Å². The van der Waals surface area contributed by atoms with Gasteiger partial charge >= 0.3 is 0 Å². The number of aromatic nitrogens is 2. The van der Waals surface area contributed by atoms with E-state index in [1.807, 2.05) is 41.2 Å². The third kappa shape index (κ3) is 5.20. The number of halogens is 1. The van der Waals surface area contributed by atoms with E-state index in [9.17, 15) is 4.79 Å². The highest BCUT2D eigenvalue weighted by Crippen LogP contribution is 2.24. The summed E-state index contributed by atoms with van der Waals surface area (Å²) in [5, 5.41) is 10.8. The minimum Gasteiger partial charge on any atom is -0.497 e. The number of piperidine rings is 1. The van der Waals surface area contributed by atoms with E-state index in [-0.39, 0.29) is 18.3 Å². The lowest BCUT2D eigenvalue weighted by Gasteiger charge is -2.22. The fourth-order valence-electron chi connectivity index (χ4n) is 3.61. The van der Waals surface area contributed by atoms with Crippen molar-refractivity contribution in [2.45, 2.75) is 25.4 Å². The van der Waals surface area contributed by atoms with Crippen molar-refractivity contribution in [3.8, 4) is 16.9 Å². The number of hydrogen-bond donors (Lipinski definition) is 2. The Bertz CT molecular complexity index is 965. The summed E-state index contributed by atoms with van der Waals surface area (Å²) in [6.07, 6.45) is 4.13. The summed E-state index contributed by atoms with van der Waals surface area (Å²) in [6, 6.07) is 18.3. The van der Waals surface area contributed by atoms with Crippen LogP contribution in [0.15, 0.2) is 60.8 Å². The van der Waals surface area contributed by atoms with Crippen LogP contribution in [0.4, 0.5) is 0 Å². The average Bonchev–Trinajstić information content (AvgIpc) is 3.29. The molecule has 1 aliphatic rings. The van der Waals surface area contributed by atoms with Crippen LogP contribution < -0.4 is 15.4 Å². The van der Waals surface area contributed by atoms with Crippen LogP contribution >= 0.6 is 12.4 Å². The molecule has 1 saturated heterocycles. The molecule has 6 nitrogen and oxygen atoms in total. The molecule has 158 valence electrons. The number of amides is 1. The van der Waals surface area contributed by atoms with Gasteiger partial charge in [0.15, 0.2) is 0 Å². The van der Waals surface area contributed by atoms with Crippen LogP contribution in [-0.4, -0.2) is 35.9 Å². The highest BCUT2D eigenvalue weighted by molar-refractivity contribution is 5.92. The van der Waals surface area contributed by atoms with Gasteiger partial charge in [0, 0.05) is 19.3 Å². The summed E-state index contributed by atoms with van der Waals surface area (Å²) in [7, 11) is 1.67. The predicted molar refractivity (Wildman–Crippen MR) is 120 cm³/mol. The second-order valence-corrected chi connectivity index (χ2v) is 7.29. The van der Waals surface area contributed by atoms with Crippen LogP contribution in [0.2, 0.25) is 0 Å². The molecule has 2 aromatic carbocycles. The number of hydrogen-bond acceptors (Lipinski definition) is 4. The molecule has 0 bridgehead atoms. The van der Waals surface area contributed by atoms with Crippen molar-refractivity contribution in [3.63, 3.8) is 0 Å². The van der Waals surface area contributed by atoms with Crippen LogP contribution in [0.25, 0.3) is 11.1 Å². The van der Waals surface area contributed by atoms with Crippen molar-refractivity contribution in [1.82, 2.24) is 20.4 Å². The zero-order chi connectivity index (χ0) is 20.1. The Morgan fingerprint density at radius 2 is 2.03 bits per heavy atom. The first-order chi connectivity index (χ1) is 14.2. The van der Waals surface area contributed by atoms with Crippen LogP contribution in [-0.2, 0) is 6.54 Å². The summed E-state index contributed by atoms with van der Waals surface area (Å²) >= 11 is 0. The topological polar surface area (TPSA) is 68.2 Å². The van der Waals surface area contributed by atoms with Crippen molar-refractivity contribution in [1.29, 1.82) is 0 Å². The normalized spacial score (nSPS) is 15.8. The molecule has 1 amide bonds. The first kappa shape index (κ1) is 21.9. The molecule has 0 aliphatic carbocycles. The molecule has 1 aromatic heterocycles. The van der Waals surface area contributed by atoms with Gasteiger partial charge in [0.2, 0.25) is 0 Å². The number of ether oxygens (including phenoxy) is 1. The van der Waals surface area contributed by atoms with E-state index in [0.29, 0.717) is 18.3 Å². The van der Waals surface area contributed by atoms with Gasteiger partial charge in [-0.25, -0.2) is 0 Å². The van der Waals surface area contributed by atoms with Gasteiger partial charge in [0.05, 0.1) is 13.2 Å². The molecular formula is C23H27ClN4O2. The van der Waals surface area contributed by atoms with Crippen molar-refractivity contribution in [3.05, 3.63) is 72.1 Å². The Hall–Kier alpha value is -2.83. The number of methoxy groups -OCH3 is 1. The molecule has 0 saturated carbocycles. The molecule has 2 N–H and O–H groups in total. The fourth-order valence-corrected chi connectivity index (χ4v) is 3.61. The summed E-state index contributed by atoms with van der Waals surface area (Å²) in [6.45, 7) is 2.43. The summed E-state index contributed by atoms with van der Waals surface area (Å²) < 4.78 is 7.20. The van der Waals surface area contributed by atoms with E-state index in [1.54, 1.807) is 13.2 Å². The molecule has 1 aliphatic heterocycles. The highest BCUT2D eigenvalue weighted by Gasteiger charge is 2.17. The molecule has 4 rings (SSSR count). The first-order valence-corrected chi connectivity index (χ1v) is 10.0. The van der Waals surface area contributed by atoms with Crippen LogP contribution in [0.1, 0.15) is 34.9 Å². The number of carbonyl (C=O) groups is 1. The molecule has 0 spiro atoms. The Morgan fingerprint density at radius 3 is 2.77 bits per heavy atom. The van der Waals surface area contributed by atoms with E-state index < -0.39 is 0 Å². The quantitative estimate of drug-likeness (QED) is 0.628. The third-order valence-electron chi connectivity index (χ3n) is 5.30. The number of benzene rings is 2. The third-order valence-corrected chi connectivity index (χ3v) is 5.30. The maximum absolute atomic E-state index is 12.5. The van der Waals surface area contributed by atoms with Crippen molar-refractivity contribution < 1.29 is 9.53 Å². The standard InChI is InChI=1S/C23H26N4O2.ClH/c1-29-21-6-2-4-19(14-21)18-9-7-17(8-10-18)15-25-23(28)22-11-13-27(26-22)20-5-3-12-24-16-20;/h2,4,6-11,13-14,20,24H,3,5,12,15-16H2,1H3,(H,25,28);1H. The minimum absolute atomic E-state index is 0.